The largest absolute Gasteiger partial charge is 0.353 e. The molecule has 2 aromatic rings. The SMILES string of the molecule is CCc1nn2c(=O)cc(CSCC(=O)N[C@@H](C)C(C)C)nc2s1. The number of hydrogen-bond donors (Lipinski definition) is 1. The van der Waals surface area contributed by atoms with Gasteiger partial charge >= 0.3 is 0 Å². The third-order valence-corrected chi connectivity index (χ3v) is 5.53. The summed E-state index contributed by atoms with van der Waals surface area (Å²) < 4.78 is 1.34. The van der Waals surface area contributed by atoms with Crippen LogP contribution < -0.4 is 10.9 Å². The van der Waals surface area contributed by atoms with Crippen LogP contribution in [-0.2, 0) is 17.0 Å². The summed E-state index contributed by atoms with van der Waals surface area (Å²) in [6.45, 7) is 8.14. The molecule has 0 aliphatic rings. The number of aryl methyl sites for hydroxylation is 1. The fraction of sp³-hybridized carbons (Fsp3) is 0.600. The molecule has 23 heavy (non-hydrogen) atoms. The predicted molar refractivity (Wildman–Crippen MR) is 95.1 cm³/mol. The predicted octanol–water partition coefficient (Wildman–Crippen LogP) is 2.11. The number of nitrogens with zero attached hydrogens (tertiary/aromatic N) is 3. The number of aromatic nitrogens is 3. The van der Waals surface area contributed by atoms with Gasteiger partial charge in [-0.2, -0.15) is 9.61 Å². The van der Waals surface area contributed by atoms with Gasteiger partial charge in [-0.1, -0.05) is 32.1 Å². The summed E-state index contributed by atoms with van der Waals surface area (Å²) in [6.07, 6.45) is 0.783. The number of fused-ring (bicyclic) bond motifs is 1. The fourth-order valence-corrected chi connectivity index (χ4v) is 3.41. The average molecular weight is 355 g/mol. The van der Waals surface area contributed by atoms with Gasteiger partial charge in [-0.05, 0) is 19.3 Å². The summed E-state index contributed by atoms with van der Waals surface area (Å²) in [5, 5.41) is 8.07. The highest BCUT2D eigenvalue weighted by Gasteiger charge is 2.12. The van der Waals surface area contributed by atoms with Crippen molar-refractivity contribution in [1.82, 2.24) is 19.9 Å². The van der Waals surface area contributed by atoms with Crippen molar-refractivity contribution in [3.63, 3.8) is 0 Å². The van der Waals surface area contributed by atoms with Crippen LogP contribution in [0.4, 0.5) is 0 Å². The number of rotatable bonds is 7. The summed E-state index contributed by atoms with van der Waals surface area (Å²) in [7, 11) is 0. The van der Waals surface area contributed by atoms with E-state index in [1.54, 1.807) is 0 Å². The molecule has 0 aliphatic carbocycles. The van der Waals surface area contributed by atoms with Crippen LogP contribution in [0.5, 0.6) is 0 Å². The first kappa shape index (κ1) is 17.9. The maximum absolute atomic E-state index is 12.0. The highest BCUT2D eigenvalue weighted by atomic mass is 32.2. The van der Waals surface area contributed by atoms with Crippen molar-refractivity contribution in [1.29, 1.82) is 0 Å². The van der Waals surface area contributed by atoms with E-state index < -0.39 is 0 Å². The van der Waals surface area contributed by atoms with Gasteiger partial charge < -0.3 is 5.32 Å². The molecule has 0 saturated carbocycles. The van der Waals surface area contributed by atoms with Crippen molar-refractivity contribution in [2.45, 2.75) is 45.9 Å². The van der Waals surface area contributed by atoms with Gasteiger partial charge in [0, 0.05) is 17.9 Å². The second kappa shape index (κ2) is 7.92. The Kier molecular flexibility index (Phi) is 6.17. The quantitative estimate of drug-likeness (QED) is 0.824. The minimum atomic E-state index is -0.167. The van der Waals surface area contributed by atoms with Gasteiger partial charge in [0.2, 0.25) is 10.9 Å². The Hall–Kier alpha value is -1.41. The molecule has 2 heterocycles. The van der Waals surface area contributed by atoms with E-state index in [1.165, 1.54) is 33.7 Å². The summed E-state index contributed by atoms with van der Waals surface area (Å²) in [4.78, 5) is 28.9. The van der Waals surface area contributed by atoms with E-state index >= 15 is 0 Å². The molecule has 0 radical (unpaired) electrons. The van der Waals surface area contributed by atoms with Gasteiger partial charge in [-0.15, -0.1) is 11.8 Å². The van der Waals surface area contributed by atoms with Crippen molar-refractivity contribution in [3.05, 3.63) is 27.1 Å². The van der Waals surface area contributed by atoms with Crippen LogP contribution in [0, 0.1) is 5.92 Å². The molecule has 6 nitrogen and oxygen atoms in total. The third kappa shape index (κ3) is 4.78. The molecule has 1 atom stereocenters. The zero-order chi connectivity index (χ0) is 17.0. The highest BCUT2D eigenvalue weighted by molar-refractivity contribution is 7.99. The van der Waals surface area contributed by atoms with Gasteiger partial charge in [0.15, 0.2) is 0 Å². The summed E-state index contributed by atoms with van der Waals surface area (Å²) in [6, 6.07) is 1.65. The smallest absolute Gasteiger partial charge is 0.275 e. The monoisotopic (exact) mass is 354 g/mol. The summed E-state index contributed by atoms with van der Waals surface area (Å²) in [5.74, 6) is 1.32. The number of carbonyl (C=O) groups excluding carboxylic acids is 1. The van der Waals surface area contributed by atoms with Crippen molar-refractivity contribution < 1.29 is 4.79 Å². The van der Waals surface area contributed by atoms with E-state index in [9.17, 15) is 9.59 Å². The molecule has 2 rings (SSSR count). The molecular formula is C15H22N4O2S2. The second-order valence-corrected chi connectivity index (χ2v) is 7.75. The maximum atomic E-state index is 12.0. The van der Waals surface area contributed by atoms with Crippen LogP contribution >= 0.6 is 23.1 Å². The molecule has 8 heteroatoms. The number of thioether (sulfide) groups is 1. The van der Waals surface area contributed by atoms with Gasteiger partial charge in [-0.25, -0.2) is 4.98 Å². The molecule has 0 unspecified atom stereocenters. The van der Waals surface area contributed by atoms with E-state index in [4.69, 9.17) is 0 Å². The molecule has 0 bridgehead atoms. The fourth-order valence-electron chi connectivity index (χ4n) is 1.82. The van der Waals surface area contributed by atoms with Gasteiger partial charge in [-0.3, -0.25) is 9.59 Å². The molecule has 0 saturated heterocycles. The van der Waals surface area contributed by atoms with Gasteiger partial charge in [0.1, 0.15) is 5.01 Å². The first-order chi connectivity index (χ1) is 10.9. The number of hydrogen-bond acceptors (Lipinski definition) is 6. The lowest BCUT2D eigenvalue weighted by Gasteiger charge is -2.17. The lowest BCUT2D eigenvalue weighted by Crippen LogP contribution is -2.37. The minimum Gasteiger partial charge on any atom is -0.353 e. The highest BCUT2D eigenvalue weighted by Crippen LogP contribution is 2.14. The van der Waals surface area contributed by atoms with Crippen LogP contribution in [-0.4, -0.2) is 32.3 Å². The van der Waals surface area contributed by atoms with E-state index in [0.717, 1.165) is 11.4 Å². The summed E-state index contributed by atoms with van der Waals surface area (Å²) >= 11 is 2.89. The minimum absolute atomic E-state index is 0.0139. The molecular weight excluding hydrogens is 332 g/mol. The molecule has 1 N–H and O–H groups in total. The lowest BCUT2D eigenvalue weighted by atomic mass is 10.1. The standard InChI is InChI=1S/C15H22N4O2S2/c1-5-13-18-19-14(21)6-11(17-15(19)23-13)7-22-8-12(20)16-10(4)9(2)3/h6,9-10H,5,7-8H2,1-4H3,(H,16,20)/t10-/m0/s1. The van der Waals surface area contributed by atoms with E-state index in [0.29, 0.717) is 28.1 Å². The van der Waals surface area contributed by atoms with E-state index in [-0.39, 0.29) is 17.5 Å². The first-order valence-electron chi connectivity index (χ1n) is 7.66. The first-order valence-corrected chi connectivity index (χ1v) is 9.63. The number of carbonyl (C=O) groups is 1. The van der Waals surface area contributed by atoms with Gasteiger partial charge in [0.05, 0.1) is 11.4 Å². The van der Waals surface area contributed by atoms with Crippen LogP contribution in [0.15, 0.2) is 10.9 Å². The second-order valence-electron chi connectivity index (χ2n) is 5.72. The van der Waals surface area contributed by atoms with Crippen molar-refractivity contribution in [2.24, 2.45) is 5.92 Å². The van der Waals surface area contributed by atoms with Gasteiger partial charge in [0.25, 0.3) is 5.56 Å². The van der Waals surface area contributed by atoms with E-state index in [1.807, 2.05) is 13.8 Å². The normalized spacial score (nSPS) is 12.7. The molecule has 0 spiro atoms. The van der Waals surface area contributed by atoms with Crippen molar-refractivity contribution in [3.8, 4) is 0 Å². The Morgan fingerprint density at radius 3 is 2.83 bits per heavy atom. The zero-order valence-electron chi connectivity index (χ0n) is 13.8. The Bertz CT molecular complexity index is 739. The molecule has 1 amide bonds. The van der Waals surface area contributed by atoms with Crippen molar-refractivity contribution in [2.75, 3.05) is 5.75 Å². The number of nitrogens with one attached hydrogen (secondary N) is 1. The van der Waals surface area contributed by atoms with Crippen LogP contribution in [0.25, 0.3) is 4.96 Å². The topological polar surface area (TPSA) is 76.4 Å². The Morgan fingerprint density at radius 2 is 2.17 bits per heavy atom. The lowest BCUT2D eigenvalue weighted by molar-refractivity contribution is -0.119. The molecule has 2 aromatic heterocycles. The van der Waals surface area contributed by atoms with Crippen LogP contribution in [0.3, 0.4) is 0 Å². The summed E-state index contributed by atoms with van der Waals surface area (Å²) in [5.41, 5.74) is 0.524. The molecule has 126 valence electrons. The Balaban J connectivity index is 1.94. The van der Waals surface area contributed by atoms with Crippen LogP contribution in [0.2, 0.25) is 0 Å². The maximum Gasteiger partial charge on any atom is 0.275 e. The van der Waals surface area contributed by atoms with E-state index in [2.05, 4.69) is 29.2 Å². The molecule has 0 aromatic carbocycles. The molecule has 0 aliphatic heterocycles. The van der Waals surface area contributed by atoms with Crippen LogP contribution in [0.1, 0.15) is 38.4 Å². The Labute approximate surface area is 143 Å². The zero-order valence-corrected chi connectivity index (χ0v) is 15.5. The molecule has 0 fully saturated rings. The third-order valence-electron chi connectivity index (χ3n) is 3.51. The van der Waals surface area contributed by atoms with Crippen molar-refractivity contribution >= 4 is 34.0 Å². The number of amides is 1. The average Bonchev–Trinajstić information content (AvgIpc) is 2.90. The Morgan fingerprint density at radius 1 is 1.43 bits per heavy atom.